The second-order valence-corrected chi connectivity index (χ2v) is 4.48. The lowest BCUT2D eigenvalue weighted by Crippen LogP contribution is -2.39. The van der Waals surface area contributed by atoms with Crippen molar-refractivity contribution in [3.8, 4) is 0 Å². The van der Waals surface area contributed by atoms with Gasteiger partial charge in [-0.3, -0.25) is 0 Å². The standard InChI is InChI=1S/C12H21N/c1-13-12(11-8-5-9-11)10-6-3-2-4-7-10/h6,11-13H,2-5,7-9H2,1H3. The van der Waals surface area contributed by atoms with Gasteiger partial charge in [-0.2, -0.15) is 0 Å². The molecule has 0 aromatic carbocycles. The second-order valence-electron chi connectivity index (χ2n) is 4.48. The van der Waals surface area contributed by atoms with Crippen molar-refractivity contribution >= 4 is 0 Å². The molecule has 1 unspecified atom stereocenters. The third-order valence-corrected chi connectivity index (χ3v) is 3.66. The van der Waals surface area contributed by atoms with E-state index in [9.17, 15) is 0 Å². The Morgan fingerprint density at radius 1 is 1.31 bits per heavy atom. The minimum absolute atomic E-state index is 0.717. The Balaban J connectivity index is 1.97. The van der Waals surface area contributed by atoms with Crippen LogP contribution in [0.4, 0.5) is 0 Å². The summed E-state index contributed by atoms with van der Waals surface area (Å²) < 4.78 is 0. The van der Waals surface area contributed by atoms with E-state index in [1.165, 1.54) is 44.9 Å². The highest BCUT2D eigenvalue weighted by atomic mass is 14.9. The Hall–Kier alpha value is -0.300. The molecule has 0 aromatic rings. The lowest BCUT2D eigenvalue weighted by atomic mass is 9.75. The highest BCUT2D eigenvalue weighted by Crippen LogP contribution is 2.35. The van der Waals surface area contributed by atoms with Crippen LogP contribution in [0.3, 0.4) is 0 Å². The molecule has 1 saturated carbocycles. The van der Waals surface area contributed by atoms with Crippen molar-refractivity contribution in [2.45, 2.75) is 51.0 Å². The van der Waals surface area contributed by atoms with E-state index < -0.39 is 0 Å². The topological polar surface area (TPSA) is 12.0 Å². The van der Waals surface area contributed by atoms with Crippen molar-refractivity contribution in [1.29, 1.82) is 0 Å². The fraction of sp³-hybridized carbons (Fsp3) is 0.833. The first-order valence-corrected chi connectivity index (χ1v) is 5.78. The molecule has 2 rings (SSSR count). The molecule has 2 aliphatic carbocycles. The van der Waals surface area contributed by atoms with Gasteiger partial charge in [0.05, 0.1) is 0 Å². The molecular formula is C12H21N. The lowest BCUT2D eigenvalue weighted by molar-refractivity contribution is 0.254. The average Bonchev–Trinajstić information content (AvgIpc) is 2.12. The van der Waals surface area contributed by atoms with E-state index in [2.05, 4.69) is 18.4 Å². The van der Waals surface area contributed by atoms with E-state index >= 15 is 0 Å². The van der Waals surface area contributed by atoms with E-state index in [0.717, 1.165) is 5.92 Å². The first-order valence-electron chi connectivity index (χ1n) is 5.78. The molecule has 1 heteroatoms. The molecule has 1 nitrogen and oxygen atoms in total. The third kappa shape index (κ3) is 1.96. The minimum Gasteiger partial charge on any atom is -0.313 e. The Morgan fingerprint density at radius 3 is 2.62 bits per heavy atom. The highest BCUT2D eigenvalue weighted by Gasteiger charge is 2.28. The predicted molar refractivity (Wildman–Crippen MR) is 56.7 cm³/mol. The number of hydrogen-bond donors (Lipinski definition) is 1. The van der Waals surface area contributed by atoms with Gasteiger partial charge in [0.1, 0.15) is 0 Å². The SMILES string of the molecule is CNC(C1=CCCCC1)C1CCC1. The molecule has 1 atom stereocenters. The molecule has 0 radical (unpaired) electrons. The zero-order chi connectivity index (χ0) is 9.10. The van der Waals surface area contributed by atoms with Crippen molar-refractivity contribution in [2.24, 2.45) is 5.92 Å². The molecule has 0 amide bonds. The van der Waals surface area contributed by atoms with Crippen molar-refractivity contribution in [2.75, 3.05) is 7.05 Å². The van der Waals surface area contributed by atoms with Crippen molar-refractivity contribution in [3.05, 3.63) is 11.6 Å². The summed E-state index contributed by atoms with van der Waals surface area (Å²) in [5.74, 6) is 0.953. The minimum atomic E-state index is 0.717. The molecule has 13 heavy (non-hydrogen) atoms. The van der Waals surface area contributed by atoms with Crippen molar-refractivity contribution in [3.63, 3.8) is 0 Å². The fourth-order valence-corrected chi connectivity index (χ4v) is 2.64. The summed E-state index contributed by atoms with van der Waals surface area (Å²) in [7, 11) is 2.12. The Labute approximate surface area is 81.6 Å². The summed E-state index contributed by atoms with van der Waals surface area (Å²) in [5, 5.41) is 3.51. The maximum absolute atomic E-state index is 3.51. The molecular weight excluding hydrogens is 158 g/mol. The van der Waals surface area contributed by atoms with Crippen LogP contribution in [0.1, 0.15) is 44.9 Å². The van der Waals surface area contributed by atoms with Crippen molar-refractivity contribution < 1.29 is 0 Å². The lowest BCUT2D eigenvalue weighted by Gasteiger charge is -2.36. The number of rotatable bonds is 3. The molecule has 2 aliphatic rings. The first-order chi connectivity index (χ1) is 6.42. The maximum Gasteiger partial charge on any atom is 0.0305 e. The number of allylic oxidation sites excluding steroid dienone is 1. The molecule has 0 aliphatic heterocycles. The molecule has 0 saturated heterocycles. The van der Waals surface area contributed by atoms with Crippen molar-refractivity contribution in [1.82, 2.24) is 5.32 Å². The first kappa shape index (κ1) is 9.26. The van der Waals surface area contributed by atoms with Crippen LogP contribution in [-0.4, -0.2) is 13.1 Å². The molecule has 0 heterocycles. The number of nitrogens with one attached hydrogen (secondary N) is 1. The van der Waals surface area contributed by atoms with Crippen LogP contribution in [0, 0.1) is 5.92 Å². The van der Waals surface area contributed by atoms with E-state index in [-0.39, 0.29) is 0 Å². The number of likely N-dealkylation sites (N-methyl/N-ethyl adjacent to an activating group) is 1. The third-order valence-electron chi connectivity index (χ3n) is 3.66. The molecule has 0 spiro atoms. The Bertz CT molecular complexity index is 191. The summed E-state index contributed by atoms with van der Waals surface area (Å²) in [5.41, 5.74) is 1.71. The van der Waals surface area contributed by atoms with Gasteiger partial charge in [-0.25, -0.2) is 0 Å². The largest absolute Gasteiger partial charge is 0.313 e. The summed E-state index contributed by atoms with van der Waals surface area (Å²) in [6.07, 6.45) is 12.3. The van der Waals surface area contributed by atoms with Gasteiger partial charge in [0.25, 0.3) is 0 Å². The van der Waals surface area contributed by atoms with Crippen LogP contribution in [0.2, 0.25) is 0 Å². The van der Waals surface area contributed by atoms with Crippen LogP contribution in [-0.2, 0) is 0 Å². The summed E-state index contributed by atoms with van der Waals surface area (Å²) >= 11 is 0. The van der Waals surface area contributed by atoms with E-state index in [0.29, 0.717) is 6.04 Å². The van der Waals surface area contributed by atoms with Crippen LogP contribution in [0.25, 0.3) is 0 Å². The van der Waals surface area contributed by atoms with Crippen LogP contribution in [0.15, 0.2) is 11.6 Å². The Kier molecular flexibility index (Phi) is 3.05. The smallest absolute Gasteiger partial charge is 0.0305 e. The van der Waals surface area contributed by atoms with Crippen LogP contribution in [0.5, 0.6) is 0 Å². The van der Waals surface area contributed by atoms with E-state index in [1.54, 1.807) is 5.57 Å². The highest BCUT2D eigenvalue weighted by molar-refractivity contribution is 5.15. The van der Waals surface area contributed by atoms with Gasteiger partial charge in [-0.05, 0) is 51.5 Å². The second kappa shape index (κ2) is 4.28. The van der Waals surface area contributed by atoms with Crippen LogP contribution < -0.4 is 5.32 Å². The molecule has 1 fully saturated rings. The van der Waals surface area contributed by atoms with Gasteiger partial charge in [0.2, 0.25) is 0 Å². The molecule has 0 bridgehead atoms. The predicted octanol–water partition coefficient (Wildman–Crippen LogP) is 2.87. The van der Waals surface area contributed by atoms with Gasteiger partial charge in [-0.15, -0.1) is 0 Å². The zero-order valence-electron chi connectivity index (χ0n) is 8.68. The summed E-state index contributed by atoms with van der Waals surface area (Å²) in [6.45, 7) is 0. The molecule has 0 aromatic heterocycles. The van der Waals surface area contributed by atoms with Gasteiger partial charge in [0, 0.05) is 6.04 Å². The number of hydrogen-bond acceptors (Lipinski definition) is 1. The Morgan fingerprint density at radius 2 is 2.15 bits per heavy atom. The average molecular weight is 179 g/mol. The molecule has 74 valence electrons. The van der Waals surface area contributed by atoms with Gasteiger partial charge < -0.3 is 5.32 Å². The fourth-order valence-electron chi connectivity index (χ4n) is 2.64. The van der Waals surface area contributed by atoms with Gasteiger partial charge >= 0.3 is 0 Å². The normalized spacial score (nSPS) is 26.4. The monoisotopic (exact) mass is 179 g/mol. The summed E-state index contributed by atoms with van der Waals surface area (Å²) in [4.78, 5) is 0. The van der Waals surface area contributed by atoms with E-state index in [4.69, 9.17) is 0 Å². The van der Waals surface area contributed by atoms with Gasteiger partial charge in [0.15, 0.2) is 0 Å². The molecule has 1 N–H and O–H groups in total. The maximum atomic E-state index is 3.51. The quantitative estimate of drug-likeness (QED) is 0.657. The van der Waals surface area contributed by atoms with E-state index in [1.807, 2.05) is 0 Å². The summed E-state index contributed by atoms with van der Waals surface area (Å²) in [6, 6.07) is 0.717. The van der Waals surface area contributed by atoms with Crippen LogP contribution >= 0.6 is 0 Å². The zero-order valence-corrected chi connectivity index (χ0v) is 8.68. The van der Waals surface area contributed by atoms with Gasteiger partial charge in [-0.1, -0.05) is 18.1 Å².